The topological polar surface area (TPSA) is 87.2 Å². The van der Waals surface area contributed by atoms with E-state index in [0.717, 1.165) is 17.0 Å². The van der Waals surface area contributed by atoms with E-state index in [1.54, 1.807) is 13.0 Å². The Labute approximate surface area is 113 Å². The SMILES string of the molecule is C=C1C(C)=C(C#N)C(=O)N1c1ccc(F)c([N+](=O)[O-])c1. The van der Waals surface area contributed by atoms with E-state index in [0.29, 0.717) is 5.57 Å². The van der Waals surface area contributed by atoms with Gasteiger partial charge in [0.15, 0.2) is 0 Å². The summed E-state index contributed by atoms with van der Waals surface area (Å²) in [5.41, 5.74) is -0.0947. The molecule has 6 nitrogen and oxygen atoms in total. The van der Waals surface area contributed by atoms with Crippen LogP contribution in [-0.4, -0.2) is 10.8 Å². The van der Waals surface area contributed by atoms with Gasteiger partial charge in [0.2, 0.25) is 5.82 Å². The monoisotopic (exact) mass is 273 g/mol. The van der Waals surface area contributed by atoms with E-state index in [1.807, 2.05) is 0 Å². The molecule has 0 atom stereocenters. The van der Waals surface area contributed by atoms with Crippen molar-refractivity contribution in [3.05, 3.63) is 57.6 Å². The molecule has 1 amide bonds. The number of nitriles is 1. The van der Waals surface area contributed by atoms with Crippen LogP contribution in [0.2, 0.25) is 0 Å². The van der Waals surface area contributed by atoms with Crippen molar-refractivity contribution in [3.63, 3.8) is 0 Å². The maximum atomic E-state index is 13.3. The number of rotatable bonds is 2. The molecule has 1 aromatic carbocycles. The Bertz CT molecular complexity index is 731. The fraction of sp³-hybridized carbons (Fsp3) is 0.0769. The fourth-order valence-corrected chi connectivity index (χ4v) is 1.89. The minimum absolute atomic E-state index is 0.0815. The molecule has 20 heavy (non-hydrogen) atoms. The van der Waals surface area contributed by atoms with Crippen LogP contribution in [0.3, 0.4) is 0 Å². The lowest BCUT2D eigenvalue weighted by molar-refractivity contribution is -0.387. The third-order valence-electron chi connectivity index (χ3n) is 2.99. The Hall–Kier alpha value is -3.01. The summed E-state index contributed by atoms with van der Waals surface area (Å²) in [6.45, 7) is 5.22. The van der Waals surface area contributed by atoms with E-state index >= 15 is 0 Å². The Morgan fingerprint density at radius 2 is 2.15 bits per heavy atom. The van der Waals surface area contributed by atoms with Crippen LogP contribution in [0.25, 0.3) is 0 Å². The first-order chi connectivity index (χ1) is 9.38. The summed E-state index contributed by atoms with van der Waals surface area (Å²) < 4.78 is 13.3. The summed E-state index contributed by atoms with van der Waals surface area (Å²) in [5, 5.41) is 19.6. The van der Waals surface area contributed by atoms with Gasteiger partial charge in [-0.1, -0.05) is 6.58 Å². The zero-order chi connectivity index (χ0) is 15.0. The Kier molecular flexibility index (Phi) is 3.08. The van der Waals surface area contributed by atoms with Crippen molar-refractivity contribution in [1.82, 2.24) is 0 Å². The third-order valence-corrected chi connectivity index (χ3v) is 2.99. The van der Waals surface area contributed by atoms with Crippen molar-refractivity contribution in [2.45, 2.75) is 6.92 Å². The minimum atomic E-state index is -0.999. The smallest absolute Gasteiger partial charge is 0.276 e. The predicted molar refractivity (Wildman–Crippen MR) is 68.0 cm³/mol. The standard InChI is InChI=1S/C13H8FN3O3/c1-7-8(2)16(13(18)10(7)6-15)9-3-4-11(14)12(5-9)17(19)20/h3-5H,2H2,1H3. The van der Waals surface area contributed by atoms with E-state index in [9.17, 15) is 19.3 Å². The molecule has 0 N–H and O–H groups in total. The van der Waals surface area contributed by atoms with Crippen LogP contribution in [0.5, 0.6) is 0 Å². The highest BCUT2D eigenvalue weighted by atomic mass is 19.1. The lowest BCUT2D eigenvalue weighted by atomic mass is 10.2. The van der Waals surface area contributed by atoms with E-state index in [1.165, 1.54) is 6.07 Å². The highest BCUT2D eigenvalue weighted by molar-refractivity contribution is 6.15. The van der Waals surface area contributed by atoms with Crippen LogP contribution in [0.1, 0.15) is 6.92 Å². The molecule has 7 heteroatoms. The van der Waals surface area contributed by atoms with Gasteiger partial charge in [-0.3, -0.25) is 19.8 Å². The van der Waals surface area contributed by atoms with Crippen LogP contribution < -0.4 is 4.90 Å². The fourth-order valence-electron chi connectivity index (χ4n) is 1.89. The van der Waals surface area contributed by atoms with Crippen molar-refractivity contribution in [2.24, 2.45) is 0 Å². The van der Waals surface area contributed by atoms with Gasteiger partial charge < -0.3 is 0 Å². The first kappa shape index (κ1) is 13.4. The zero-order valence-electron chi connectivity index (χ0n) is 10.4. The summed E-state index contributed by atoms with van der Waals surface area (Å²) in [5.74, 6) is -1.63. The molecule has 0 saturated heterocycles. The maximum Gasteiger partial charge on any atom is 0.306 e. The van der Waals surface area contributed by atoms with E-state index in [2.05, 4.69) is 6.58 Å². The molecule has 1 aliphatic heterocycles. The Balaban J connectivity index is 2.53. The molecule has 100 valence electrons. The van der Waals surface area contributed by atoms with Crippen molar-refractivity contribution >= 4 is 17.3 Å². The minimum Gasteiger partial charge on any atom is -0.276 e. The van der Waals surface area contributed by atoms with Crippen LogP contribution in [0.4, 0.5) is 15.8 Å². The molecule has 0 aliphatic carbocycles. The summed E-state index contributed by atoms with van der Waals surface area (Å²) >= 11 is 0. The molecule has 0 bridgehead atoms. The van der Waals surface area contributed by atoms with E-state index in [4.69, 9.17) is 5.26 Å². The van der Waals surface area contributed by atoms with Gasteiger partial charge in [-0.15, -0.1) is 0 Å². The number of carbonyl (C=O) groups excluding carboxylic acids is 1. The highest BCUT2D eigenvalue weighted by Gasteiger charge is 2.33. The molecular weight excluding hydrogens is 265 g/mol. The van der Waals surface area contributed by atoms with Crippen LogP contribution in [0, 0.1) is 27.3 Å². The Morgan fingerprint density at radius 3 is 2.65 bits per heavy atom. The number of nitro benzene ring substituents is 1. The molecule has 0 radical (unpaired) electrons. The predicted octanol–water partition coefficient (Wildman–Crippen LogP) is 2.43. The van der Waals surface area contributed by atoms with Crippen molar-refractivity contribution < 1.29 is 14.1 Å². The molecule has 0 unspecified atom stereocenters. The van der Waals surface area contributed by atoms with Gasteiger partial charge in [0.05, 0.1) is 10.6 Å². The van der Waals surface area contributed by atoms with Crippen LogP contribution in [-0.2, 0) is 4.79 Å². The van der Waals surface area contributed by atoms with Crippen molar-refractivity contribution in [2.75, 3.05) is 4.90 Å². The molecule has 1 heterocycles. The molecule has 0 fully saturated rings. The number of allylic oxidation sites excluding steroid dienone is 1. The molecule has 0 saturated carbocycles. The molecular formula is C13H8FN3O3. The van der Waals surface area contributed by atoms with E-state index < -0.39 is 22.3 Å². The van der Waals surface area contributed by atoms with Gasteiger partial charge in [-0.2, -0.15) is 9.65 Å². The van der Waals surface area contributed by atoms with Crippen molar-refractivity contribution in [3.8, 4) is 6.07 Å². The zero-order valence-corrected chi connectivity index (χ0v) is 10.4. The normalized spacial score (nSPS) is 14.8. The first-order valence-corrected chi connectivity index (χ1v) is 5.47. The summed E-state index contributed by atoms with van der Waals surface area (Å²) in [6.07, 6.45) is 0. The number of nitrogens with zero attached hydrogens (tertiary/aromatic N) is 3. The number of halogens is 1. The van der Waals surface area contributed by atoms with Crippen LogP contribution in [0.15, 0.2) is 41.6 Å². The third kappa shape index (κ3) is 1.83. The lowest BCUT2D eigenvalue weighted by Crippen LogP contribution is -2.24. The lowest BCUT2D eigenvalue weighted by Gasteiger charge is -2.18. The van der Waals surface area contributed by atoms with Crippen molar-refractivity contribution in [1.29, 1.82) is 5.26 Å². The largest absolute Gasteiger partial charge is 0.306 e. The number of benzene rings is 1. The van der Waals surface area contributed by atoms with Gasteiger partial charge in [0.25, 0.3) is 5.91 Å². The number of hydrogen-bond acceptors (Lipinski definition) is 4. The summed E-state index contributed by atoms with van der Waals surface area (Å²) in [4.78, 5) is 22.9. The average molecular weight is 273 g/mol. The first-order valence-electron chi connectivity index (χ1n) is 5.47. The summed E-state index contributed by atoms with van der Waals surface area (Å²) in [6, 6.07) is 4.82. The molecule has 0 aromatic heterocycles. The quantitative estimate of drug-likeness (QED) is 0.611. The average Bonchev–Trinajstić information content (AvgIpc) is 2.61. The number of hydrogen-bond donors (Lipinski definition) is 0. The molecule has 1 aromatic rings. The second-order valence-electron chi connectivity index (χ2n) is 4.09. The molecule has 0 spiro atoms. The van der Waals surface area contributed by atoms with Gasteiger partial charge in [0, 0.05) is 11.8 Å². The number of carbonyl (C=O) groups is 1. The number of anilines is 1. The van der Waals surface area contributed by atoms with Gasteiger partial charge in [-0.25, -0.2) is 0 Å². The molecule has 2 rings (SSSR count). The Morgan fingerprint density at radius 1 is 1.50 bits per heavy atom. The van der Waals surface area contributed by atoms with Gasteiger partial charge in [0.1, 0.15) is 11.6 Å². The maximum absolute atomic E-state index is 13.3. The van der Waals surface area contributed by atoms with Crippen LogP contribution >= 0.6 is 0 Å². The second kappa shape index (κ2) is 4.59. The molecule has 1 aliphatic rings. The number of nitro groups is 1. The van der Waals surface area contributed by atoms with E-state index in [-0.39, 0.29) is 17.0 Å². The number of amides is 1. The van der Waals surface area contributed by atoms with Gasteiger partial charge in [-0.05, 0) is 24.6 Å². The second-order valence-corrected chi connectivity index (χ2v) is 4.09. The van der Waals surface area contributed by atoms with Gasteiger partial charge >= 0.3 is 5.69 Å². The summed E-state index contributed by atoms with van der Waals surface area (Å²) in [7, 11) is 0. The highest BCUT2D eigenvalue weighted by Crippen LogP contribution is 2.34.